The molecule has 0 fully saturated rings. The fraction of sp³-hybridized carbons (Fsp3) is 0.280. The lowest BCUT2D eigenvalue weighted by atomic mass is 10.2. The Bertz CT molecular complexity index is 1360. The molecule has 2 aromatic heterocycles. The molecule has 34 heavy (non-hydrogen) atoms. The molecule has 0 bridgehead atoms. The molecule has 0 radical (unpaired) electrons. The molecule has 0 aliphatic carbocycles. The van der Waals surface area contributed by atoms with Gasteiger partial charge in [-0.25, -0.2) is 9.97 Å². The third-order valence-corrected chi connectivity index (χ3v) is 6.16. The maximum atomic E-state index is 11.3. The number of imidazole rings is 2. The highest BCUT2D eigenvalue weighted by Gasteiger charge is 2.14. The van der Waals surface area contributed by atoms with Crippen LogP contribution in [0.2, 0.25) is 0 Å². The topological polar surface area (TPSA) is 141 Å². The van der Waals surface area contributed by atoms with Gasteiger partial charge in [-0.2, -0.15) is 0 Å². The Balaban J connectivity index is 1.53. The van der Waals surface area contributed by atoms with Gasteiger partial charge in [0.05, 0.1) is 23.3 Å². The summed E-state index contributed by atoms with van der Waals surface area (Å²) >= 11 is 0. The minimum atomic E-state index is -0.323. The van der Waals surface area contributed by atoms with Crippen LogP contribution in [0, 0.1) is 19.3 Å². The van der Waals surface area contributed by atoms with E-state index in [4.69, 9.17) is 21.9 Å². The van der Waals surface area contributed by atoms with E-state index in [-0.39, 0.29) is 18.2 Å². The summed E-state index contributed by atoms with van der Waals surface area (Å²) in [6, 6.07) is 13.8. The molecule has 1 amide bonds. The molecular weight excluding hydrogens is 428 g/mol. The van der Waals surface area contributed by atoms with Crippen molar-refractivity contribution in [3.63, 3.8) is 0 Å². The SMILES string of the molecule is Cc1nc(CCC(N)=O)n(Cc2ccc3c(c2)nc(CNc2ccc(C(=N)N)cc2)n3C)c1C. The van der Waals surface area contributed by atoms with Crippen molar-refractivity contribution in [1.82, 2.24) is 19.1 Å². The lowest BCUT2D eigenvalue weighted by Crippen LogP contribution is -2.14. The van der Waals surface area contributed by atoms with Gasteiger partial charge < -0.3 is 25.9 Å². The van der Waals surface area contributed by atoms with Crippen LogP contribution in [-0.4, -0.2) is 30.8 Å². The first-order valence-corrected chi connectivity index (χ1v) is 11.2. The summed E-state index contributed by atoms with van der Waals surface area (Å²) in [4.78, 5) is 20.7. The lowest BCUT2D eigenvalue weighted by Gasteiger charge is -2.10. The van der Waals surface area contributed by atoms with Crippen LogP contribution in [-0.2, 0) is 31.4 Å². The van der Waals surface area contributed by atoms with Crippen LogP contribution >= 0.6 is 0 Å². The molecule has 4 aromatic rings. The molecule has 2 heterocycles. The molecule has 9 nitrogen and oxygen atoms in total. The molecule has 4 rings (SSSR count). The predicted octanol–water partition coefficient (Wildman–Crippen LogP) is 2.75. The van der Waals surface area contributed by atoms with Gasteiger partial charge in [-0.3, -0.25) is 10.2 Å². The molecule has 6 N–H and O–H groups in total. The molecular formula is C25H30N8O. The Hall–Kier alpha value is -4.14. The number of hydrogen-bond donors (Lipinski definition) is 4. The van der Waals surface area contributed by atoms with Crippen molar-refractivity contribution in [1.29, 1.82) is 5.41 Å². The Kier molecular flexibility index (Phi) is 6.36. The van der Waals surface area contributed by atoms with E-state index in [1.807, 2.05) is 45.2 Å². The largest absolute Gasteiger partial charge is 0.384 e. The molecule has 0 atom stereocenters. The summed E-state index contributed by atoms with van der Waals surface area (Å²) < 4.78 is 4.23. The van der Waals surface area contributed by atoms with Gasteiger partial charge in [0.15, 0.2) is 0 Å². The van der Waals surface area contributed by atoms with E-state index < -0.39 is 0 Å². The van der Waals surface area contributed by atoms with E-state index in [0.717, 1.165) is 45.3 Å². The average molecular weight is 459 g/mol. The standard InChI is InChI=1S/C25H30N8O/c1-15-16(2)33(23(30-15)11-10-22(26)34)14-17-4-9-21-20(12-17)31-24(32(21)3)13-29-19-7-5-18(6-8-19)25(27)28/h4-9,12,29H,10-11,13-14H2,1-3H3,(H2,26,34)(H3,27,28). The maximum absolute atomic E-state index is 11.3. The molecule has 0 aliphatic rings. The van der Waals surface area contributed by atoms with Gasteiger partial charge in [0.25, 0.3) is 0 Å². The van der Waals surface area contributed by atoms with Gasteiger partial charge >= 0.3 is 0 Å². The number of carbonyl (C=O) groups is 1. The number of nitrogens with zero attached hydrogens (tertiary/aromatic N) is 4. The van der Waals surface area contributed by atoms with Gasteiger partial charge in [0, 0.05) is 43.4 Å². The smallest absolute Gasteiger partial charge is 0.217 e. The second-order valence-corrected chi connectivity index (χ2v) is 8.51. The summed E-state index contributed by atoms with van der Waals surface area (Å²) in [6.45, 7) is 5.25. The van der Waals surface area contributed by atoms with Crippen LogP contribution in [0.4, 0.5) is 5.69 Å². The van der Waals surface area contributed by atoms with E-state index in [9.17, 15) is 4.79 Å². The average Bonchev–Trinajstić information content (AvgIpc) is 3.26. The Morgan fingerprint density at radius 2 is 1.79 bits per heavy atom. The van der Waals surface area contributed by atoms with Crippen LogP contribution in [0.1, 0.15) is 40.6 Å². The fourth-order valence-electron chi connectivity index (χ4n) is 4.04. The normalized spacial score (nSPS) is 11.1. The minimum absolute atomic E-state index is 0.0544. The molecule has 0 aliphatic heterocycles. The van der Waals surface area contributed by atoms with Crippen molar-refractivity contribution in [3.05, 3.63) is 76.6 Å². The van der Waals surface area contributed by atoms with E-state index in [1.165, 1.54) is 0 Å². The zero-order valence-electron chi connectivity index (χ0n) is 19.7. The van der Waals surface area contributed by atoms with E-state index in [1.54, 1.807) is 0 Å². The monoisotopic (exact) mass is 458 g/mol. The number of nitrogens with one attached hydrogen (secondary N) is 2. The molecule has 176 valence electrons. The highest BCUT2D eigenvalue weighted by molar-refractivity contribution is 5.95. The first-order chi connectivity index (χ1) is 16.2. The highest BCUT2D eigenvalue weighted by atomic mass is 16.1. The lowest BCUT2D eigenvalue weighted by molar-refractivity contribution is -0.118. The fourth-order valence-corrected chi connectivity index (χ4v) is 4.04. The highest BCUT2D eigenvalue weighted by Crippen LogP contribution is 2.21. The summed E-state index contributed by atoms with van der Waals surface area (Å²) in [5, 5.41) is 10.9. The minimum Gasteiger partial charge on any atom is -0.384 e. The van der Waals surface area contributed by atoms with Crippen molar-refractivity contribution in [2.24, 2.45) is 18.5 Å². The molecule has 9 heteroatoms. The van der Waals surface area contributed by atoms with Crippen LogP contribution < -0.4 is 16.8 Å². The molecule has 2 aromatic carbocycles. The van der Waals surface area contributed by atoms with Gasteiger partial charge in [0.2, 0.25) is 5.91 Å². The van der Waals surface area contributed by atoms with E-state index in [2.05, 4.69) is 37.6 Å². The molecule has 0 spiro atoms. The third-order valence-electron chi connectivity index (χ3n) is 6.16. The van der Waals surface area contributed by atoms with Gasteiger partial charge in [-0.1, -0.05) is 6.07 Å². The molecule has 0 saturated heterocycles. The number of nitrogen functional groups attached to an aromatic ring is 1. The first-order valence-electron chi connectivity index (χ1n) is 11.2. The maximum Gasteiger partial charge on any atom is 0.217 e. The summed E-state index contributed by atoms with van der Waals surface area (Å²) in [6.07, 6.45) is 0.808. The Morgan fingerprint density at radius 1 is 1.06 bits per heavy atom. The second kappa shape index (κ2) is 9.38. The third kappa shape index (κ3) is 4.78. The van der Waals surface area contributed by atoms with Gasteiger partial charge in [-0.15, -0.1) is 0 Å². The van der Waals surface area contributed by atoms with Gasteiger partial charge in [-0.05, 0) is 55.8 Å². The van der Waals surface area contributed by atoms with Crippen LogP contribution in [0.25, 0.3) is 11.0 Å². The molecule has 0 unspecified atom stereocenters. The number of hydrogen-bond acceptors (Lipinski definition) is 5. The van der Waals surface area contributed by atoms with Crippen molar-refractivity contribution in [2.75, 3.05) is 5.32 Å². The van der Waals surface area contributed by atoms with Crippen molar-refractivity contribution < 1.29 is 4.79 Å². The number of rotatable bonds is 9. The number of anilines is 1. The van der Waals surface area contributed by atoms with Crippen LogP contribution in [0.15, 0.2) is 42.5 Å². The zero-order valence-corrected chi connectivity index (χ0v) is 19.7. The number of aromatic nitrogens is 4. The quantitative estimate of drug-likeness (QED) is 0.225. The van der Waals surface area contributed by atoms with E-state index in [0.29, 0.717) is 25.1 Å². The number of nitrogens with two attached hydrogens (primary N) is 2. The Morgan fingerprint density at radius 3 is 2.47 bits per heavy atom. The number of amidine groups is 1. The number of carbonyl (C=O) groups excluding carboxylic acids is 1. The van der Waals surface area contributed by atoms with Gasteiger partial charge in [0.1, 0.15) is 17.5 Å². The number of benzene rings is 2. The van der Waals surface area contributed by atoms with E-state index >= 15 is 0 Å². The second-order valence-electron chi connectivity index (χ2n) is 8.51. The number of aryl methyl sites for hydroxylation is 3. The van der Waals surface area contributed by atoms with Crippen LogP contribution in [0.3, 0.4) is 0 Å². The number of fused-ring (bicyclic) bond motifs is 1. The van der Waals surface area contributed by atoms with Crippen molar-refractivity contribution in [3.8, 4) is 0 Å². The summed E-state index contributed by atoms with van der Waals surface area (Å²) in [5.41, 5.74) is 17.6. The summed E-state index contributed by atoms with van der Waals surface area (Å²) in [7, 11) is 2.01. The number of amides is 1. The van der Waals surface area contributed by atoms with Crippen LogP contribution in [0.5, 0.6) is 0 Å². The number of primary amides is 1. The summed E-state index contributed by atoms with van der Waals surface area (Å²) in [5.74, 6) is 1.52. The first kappa shape index (κ1) is 23.0. The zero-order chi connectivity index (χ0) is 24.4. The van der Waals surface area contributed by atoms with Crippen molar-refractivity contribution in [2.45, 2.75) is 39.8 Å². The predicted molar refractivity (Wildman–Crippen MR) is 134 cm³/mol. The Labute approximate surface area is 198 Å². The van der Waals surface area contributed by atoms with Crippen molar-refractivity contribution >= 4 is 28.5 Å². The molecule has 0 saturated carbocycles.